The molecule has 0 saturated carbocycles. The van der Waals surface area contributed by atoms with Crippen molar-refractivity contribution < 1.29 is 19.7 Å². The Kier molecular flexibility index (Phi) is 5.84. The van der Waals surface area contributed by atoms with Crippen molar-refractivity contribution >= 4 is 17.5 Å². The quantitative estimate of drug-likeness (QED) is 0.757. The lowest BCUT2D eigenvalue weighted by Crippen LogP contribution is -2.30. The van der Waals surface area contributed by atoms with E-state index in [9.17, 15) is 15.0 Å². The summed E-state index contributed by atoms with van der Waals surface area (Å²) in [6.45, 7) is 0.359. The third kappa shape index (κ3) is 4.61. The fourth-order valence-electron chi connectivity index (χ4n) is 2.10. The Balaban J connectivity index is 1.88. The van der Waals surface area contributed by atoms with Gasteiger partial charge in [-0.05, 0) is 41.8 Å². The van der Waals surface area contributed by atoms with E-state index in [0.717, 1.165) is 5.56 Å². The summed E-state index contributed by atoms with van der Waals surface area (Å²) in [5.41, 5.74) is 1.39. The number of phenolic OH excluding ortho intramolecular Hbond substituents is 1. The Bertz CT molecular complexity index is 673. The van der Waals surface area contributed by atoms with Crippen molar-refractivity contribution in [3.8, 4) is 11.5 Å². The van der Waals surface area contributed by atoms with E-state index in [2.05, 4.69) is 5.32 Å². The first-order valence-corrected chi connectivity index (χ1v) is 7.46. The predicted octanol–water partition coefficient (Wildman–Crippen LogP) is 2.45. The molecule has 0 unspecified atom stereocenters. The summed E-state index contributed by atoms with van der Waals surface area (Å²) in [6, 6.07) is 11.5. The van der Waals surface area contributed by atoms with Crippen LogP contribution in [0.3, 0.4) is 0 Å². The molecule has 0 aliphatic rings. The molecule has 5 nitrogen and oxygen atoms in total. The van der Waals surface area contributed by atoms with Crippen molar-refractivity contribution in [2.75, 3.05) is 13.7 Å². The Labute approximate surface area is 139 Å². The summed E-state index contributed by atoms with van der Waals surface area (Å²) in [6.07, 6.45) is -0.683. The highest BCUT2D eigenvalue weighted by atomic mass is 35.5. The number of amides is 1. The van der Waals surface area contributed by atoms with Crippen LogP contribution in [0, 0.1) is 0 Å². The molecule has 0 aromatic heterocycles. The normalized spacial score (nSPS) is 11.8. The average Bonchev–Trinajstić information content (AvgIpc) is 2.56. The van der Waals surface area contributed by atoms with Crippen molar-refractivity contribution in [1.82, 2.24) is 5.32 Å². The lowest BCUT2D eigenvalue weighted by molar-refractivity contribution is -0.129. The summed E-state index contributed by atoms with van der Waals surface area (Å²) >= 11 is 5.77. The summed E-state index contributed by atoms with van der Waals surface area (Å²) in [5, 5.41) is 22.7. The van der Waals surface area contributed by atoms with E-state index in [4.69, 9.17) is 16.3 Å². The predicted molar refractivity (Wildman–Crippen MR) is 87.8 cm³/mol. The molecule has 122 valence electrons. The molecule has 0 heterocycles. The number of hydrogen-bond donors (Lipinski definition) is 3. The number of phenols is 1. The van der Waals surface area contributed by atoms with Crippen LogP contribution in [0.15, 0.2) is 42.5 Å². The van der Waals surface area contributed by atoms with Crippen LogP contribution in [-0.4, -0.2) is 29.8 Å². The summed E-state index contributed by atoms with van der Waals surface area (Å²) in [7, 11) is 1.48. The maximum atomic E-state index is 11.9. The Morgan fingerprint density at radius 3 is 2.61 bits per heavy atom. The molecule has 0 spiro atoms. The van der Waals surface area contributed by atoms with E-state index >= 15 is 0 Å². The monoisotopic (exact) mass is 335 g/mol. The van der Waals surface area contributed by atoms with Gasteiger partial charge in [0, 0.05) is 11.6 Å². The van der Waals surface area contributed by atoms with Gasteiger partial charge in [-0.2, -0.15) is 0 Å². The molecule has 0 radical (unpaired) electrons. The van der Waals surface area contributed by atoms with Crippen molar-refractivity contribution in [1.29, 1.82) is 0 Å². The number of aliphatic hydroxyl groups is 1. The minimum absolute atomic E-state index is 0.0680. The number of carbonyl (C=O) groups excluding carboxylic acids is 1. The van der Waals surface area contributed by atoms with Gasteiger partial charge in [-0.3, -0.25) is 4.79 Å². The maximum absolute atomic E-state index is 11.9. The number of rotatable bonds is 6. The zero-order valence-corrected chi connectivity index (χ0v) is 13.4. The molecule has 3 N–H and O–H groups in total. The highest BCUT2D eigenvalue weighted by molar-refractivity contribution is 6.30. The van der Waals surface area contributed by atoms with Gasteiger partial charge < -0.3 is 20.3 Å². The van der Waals surface area contributed by atoms with Gasteiger partial charge >= 0.3 is 0 Å². The second kappa shape index (κ2) is 7.85. The minimum Gasteiger partial charge on any atom is -0.504 e. The Morgan fingerprint density at radius 1 is 1.26 bits per heavy atom. The molecule has 2 aromatic rings. The first-order valence-electron chi connectivity index (χ1n) is 7.08. The molecule has 0 fully saturated rings. The van der Waals surface area contributed by atoms with E-state index < -0.39 is 12.0 Å². The molecule has 2 rings (SSSR count). The number of aliphatic hydroxyl groups excluding tert-OH is 1. The third-order valence-electron chi connectivity index (χ3n) is 3.39. The topological polar surface area (TPSA) is 78.8 Å². The lowest BCUT2D eigenvalue weighted by atomic mass is 10.1. The van der Waals surface area contributed by atoms with Gasteiger partial charge in [0.15, 0.2) is 17.6 Å². The smallest absolute Gasteiger partial charge is 0.253 e. The zero-order valence-electron chi connectivity index (χ0n) is 12.6. The Hall–Kier alpha value is -2.24. The number of nitrogens with one attached hydrogen (secondary N) is 1. The van der Waals surface area contributed by atoms with Crippen LogP contribution in [0.5, 0.6) is 11.5 Å². The molecule has 1 atom stereocenters. The minimum atomic E-state index is -1.23. The molecule has 6 heteroatoms. The molecular weight excluding hydrogens is 318 g/mol. The third-order valence-corrected chi connectivity index (χ3v) is 3.64. The van der Waals surface area contributed by atoms with Gasteiger partial charge in [0.25, 0.3) is 5.91 Å². The molecule has 23 heavy (non-hydrogen) atoms. The summed E-state index contributed by atoms with van der Waals surface area (Å²) < 4.78 is 5.03. The van der Waals surface area contributed by atoms with Crippen LogP contribution in [0.25, 0.3) is 0 Å². The number of methoxy groups -OCH3 is 1. The fraction of sp³-hybridized carbons (Fsp3) is 0.235. The van der Waals surface area contributed by atoms with Gasteiger partial charge in [0.2, 0.25) is 0 Å². The van der Waals surface area contributed by atoms with Crippen LogP contribution in [-0.2, 0) is 11.2 Å². The molecule has 0 aliphatic heterocycles. The van der Waals surface area contributed by atoms with Crippen molar-refractivity contribution in [3.05, 3.63) is 58.6 Å². The van der Waals surface area contributed by atoms with Crippen LogP contribution in [0.1, 0.15) is 17.2 Å². The largest absolute Gasteiger partial charge is 0.504 e. The number of hydrogen-bond acceptors (Lipinski definition) is 4. The lowest BCUT2D eigenvalue weighted by Gasteiger charge is -2.12. The van der Waals surface area contributed by atoms with Crippen molar-refractivity contribution in [2.45, 2.75) is 12.5 Å². The van der Waals surface area contributed by atoms with Gasteiger partial charge in [0.1, 0.15) is 0 Å². The van der Waals surface area contributed by atoms with Crippen LogP contribution in [0.2, 0.25) is 5.02 Å². The van der Waals surface area contributed by atoms with E-state index in [1.165, 1.54) is 7.11 Å². The number of aromatic hydroxyl groups is 1. The van der Waals surface area contributed by atoms with Crippen LogP contribution < -0.4 is 10.1 Å². The number of benzene rings is 2. The second-order valence-electron chi connectivity index (χ2n) is 5.00. The van der Waals surface area contributed by atoms with E-state index in [0.29, 0.717) is 29.3 Å². The van der Waals surface area contributed by atoms with Crippen molar-refractivity contribution in [2.24, 2.45) is 0 Å². The first kappa shape index (κ1) is 17.1. The average molecular weight is 336 g/mol. The standard InChI is InChI=1S/C17H18ClNO4/c1-23-15-10-11(2-7-14(15)20)8-9-19-17(22)16(21)12-3-5-13(18)6-4-12/h2-7,10,16,20-21H,8-9H2,1H3,(H,19,22)/t16-/m0/s1. The van der Waals surface area contributed by atoms with Gasteiger partial charge in [-0.25, -0.2) is 0 Å². The zero-order chi connectivity index (χ0) is 16.8. The highest BCUT2D eigenvalue weighted by Gasteiger charge is 2.16. The number of halogens is 1. The number of carbonyl (C=O) groups is 1. The molecule has 0 aliphatic carbocycles. The molecule has 0 saturated heterocycles. The summed E-state index contributed by atoms with van der Waals surface area (Å²) in [5.74, 6) is -0.0217. The molecule has 0 bridgehead atoms. The van der Waals surface area contributed by atoms with Crippen LogP contribution >= 0.6 is 11.6 Å². The van der Waals surface area contributed by atoms with E-state index in [1.54, 1.807) is 42.5 Å². The van der Waals surface area contributed by atoms with Crippen LogP contribution in [0.4, 0.5) is 0 Å². The fourth-order valence-corrected chi connectivity index (χ4v) is 2.23. The maximum Gasteiger partial charge on any atom is 0.253 e. The second-order valence-corrected chi connectivity index (χ2v) is 5.44. The molecular formula is C17H18ClNO4. The highest BCUT2D eigenvalue weighted by Crippen LogP contribution is 2.26. The van der Waals surface area contributed by atoms with Crippen molar-refractivity contribution in [3.63, 3.8) is 0 Å². The van der Waals surface area contributed by atoms with Gasteiger partial charge in [-0.15, -0.1) is 0 Å². The SMILES string of the molecule is COc1cc(CCNC(=O)[C@@H](O)c2ccc(Cl)cc2)ccc1O. The molecule has 2 aromatic carbocycles. The molecule has 1 amide bonds. The van der Waals surface area contributed by atoms with E-state index in [-0.39, 0.29) is 5.75 Å². The Morgan fingerprint density at radius 2 is 1.96 bits per heavy atom. The van der Waals surface area contributed by atoms with Gasteiger partial charge in [-0.1, -0.05) is 29.8 Å². The van der Waals surface area contributed by atoms with Gasteiger partial charge in [0.05, 0.1) is 7.11 Å². The summed E-state index contributed by atoms with van der Waals surface area (Å²) in [4.78, 5) is 11.9. The van der Waals surface area contributed by atoms with E-state index in [1.807, 2.05) is 0 Å². The first-order chi connectivity index (χ1) is 11.0. The number of ether oxygens (including phenoxy) is 1.